The van der Waals surface area contributed by atoms with Gasteiger partial charge in [-0.15, -0.1) is 15.3 Å². The lowest BCUT2D eigenvalue weighted by Gasteiger charge is -2.22. The lowest BCUT2D eigenvalue weighted by Crippen LogP contribution is -2.34. The van der Waals surface area contributed by atoms with Crippen molar-refractivity contribution >= 4 is 23.2 Å². The number of H-pyrrole nitrogens is 1. The Morgan fingerprint density at radius 3 is 2.45 bits per heavy atom. The van der Waals surface area contributed by atoms with Gasteiger partial charge in [0.15, 0.2) is 5.69 Å². The maximum Gasteiger partial charge on any atom is 0.436 e. The number of benzene rings is 2. The highest BCUT2D eigenvalue weighted by Gasteiger charge is 2.35. The molecule has 0 aliphatic rings. The van der Waals surface area contributed by atoms with Gasteiger partial charge in [0.1, 0.15) is 11.8 Å². The van der Waals surface area contributed by atoms with Crippen LogP contribution in [0.5, 0.6) is 5.75 Å². The van der Waals surface area contributed by atoms with Crippen LogP contribution in [0.15, 0.2) is 90.2 Å². The van der Waals surface area contributed by atoms with Crippen LogP contribution < -0.4 is 15.6 Å². The Morgan fingerprint density at radius 2 is 1.79 bits per heavy atom. The van der Waals surface area contributed by atoms with Crippen molar-refractivity contribution in [2.45, 2.75) is 18.6 Å². The van der Waals surface area contributed by atoms with E-state index in [1.165, 1.54) is 42.1 Å². The average molecular weight is 663 g/mol. The number of aromatic nitrogens is 9. The lowest BCUT2D eigenvalue weighted by molar-refractivity contribution is -0.141. The van der Waals surface area contributed by atoms with Crippen molar-refractivity contribution in [1.29, 1.82) is 0 Å². The van der Waals surface area contributed by atoms with E-state index in [0.29, 0.717) is 17.1 Å². The Balaban J connectivity index is 1.39. The Bertz CT molecular complexity index is 2080. The number of tetrazole rings is 1. The summed E-state index contributed by atoms with van der Waals surface area (Å²) in [4.78, 5) is 31.6. The van der Waals surface area contributed by atoms with E-state index in [1.54, 1.807) is 48.8 Å². The SMILES string of the molecule is COc1cn([C@@H](Cc2ccncc2)C(=O)Nc2ccc(-c3nn[nH]n3)cc2)c(=O)cc1-c1cc(Cl)ccc1-n1cc(C(F)(F)F)nn1. The molecule has 0 saturated carbocycles. The molecule has 1 atom stereocenters. The molecule has 13 nitrogen and oxygen atoms in total. The van der Waals surface area contributed by atoms with Crippen molar-refractivity contribution in [2.75, 3.05) is 12.4 Å². The predicted molar refractivity (Wildman–Crippen MR) is 163 cm³/mol. The number of rotatable bonds is 9. The monoisotopic (exact) mass is 662 g/mol. The summed E-state index contributed by atoms with van der Waals surface area (Å²) in [5.74, 6) is 0.0164. The van der Waals surface area contributed by atoms with Crippen molar-refractivity contribution in [3.05, 3.63) is 112 Å². The standard InChI is InChI=1S/C30H22ClF3N10O3/c1-47-25-15-43(27(45)14-22(25)21-13-19(31)4-7-23(21)44-16-26(37-42-44)30(32,33)34)24(12-17-8-10-35-11-9-17)29(46)36-20-5-2-18(3-6-20)28-38-40-41-39-28/h2-11,13-16,24H,12H2,1H3,(H,36,46)(H,38,39,40,41)/t24-/m0/s1. The second-order valence-electron chi connectivity index (χ2n) is 10.1. The van der Waals surface area contributed by atoms with Gasteiger partial charge in [-0.05, 0) is 65.4 Å². The first kappa shape index (κ1) is 31.1. The second-order valence-corrected chi connectivity index (χ2v) is 10.5. The van der Waals surface area contributed by atoms with Crippen LogP contribution in [0.25, 0.3) is 28.2 Å². The van der Waals surface area contributed by atoms with E-state index in [9.17, 15) is 22.8 Å². The summed E-state index contributed by atoms with van der Waals surface area (Å²) < 4.78 is 47.7. The van der Waals surface area contributed by atoms with Crippen LogP contribution in [0.3, 0.4) is 0 Å². The van der Waals surface area contributed by atoms with Gasteiger partial charge in [-0.25, -0.2) is 4.68 Å². The molecule has 4 aromatic heterocycles. The number of amides is 1. The molecule has 2 N–H and O–H groups in total. The van der Waals surface area contributed by atoms with Gasteiger partial charge in [-0.2, -0.15) is 18.4 Å². The molecule has 6 aromatic rings. The molecule has 6 rings (SSSR count). The first-order valence-corrected chi connectivity index (χ1v) is 14.1. The molecule has 47 heavy (non-hydrogen) atoms. The van der Waals surface area contributed by atoms with Crippen LogP contribution in [0.4, 0.5) is 18.9 Å². The maximum absolute atomic E-state index is 13.8. The van der Waals surface area contributed by atoms with Gasteiger partial charge in [-0.3, -0.25) is 19.1 Å². The topological polar surface area (TPSA) is 158 Å². The van der Waals surface area contributed by atoms with Crippen LogP contribution in [0.1, 0.15) is 17.3 Å². The number of carbonyl (C=O) groups excluding carboxylic acids is 1. The summed E-state index contributed by atoms with van der Waals surface area (Å²) in [7, 11) is 1.36. The number of methoxy groups -OCH3 is 1. The minimum Gasteiger partial charge on any atom is -0.495 e. The number of ether oxygens (including phenoxy) is 1. The summed E-state index contributed by atoms with van der Waals surface area (Å²) >= 11 is 6.28. The molecular weight excluding hydrogens is 641 g/mol. The van der Waals surface area contributed by atoms with Gasteiger partial charge >= 0.3 is 6.18 Å². The van der Waals surface area contributed by atoms with Gasteiger partial charge in [0.25, 0.3) is 5.56 Å². The normalized spacial score (nSPS) is 12.1. The zero-order valence-electron chi connectivity index (χ0n) is 24.2. The van der Waals surface area contributed by atoms with E-state index in [1.807, 2.05) is 0 Å². The summed E-state index contributed by atoms with van der Waals surface area (Å²) in [5, 5.41) is 23.7. The largest absolute Gasteiger partial charge is 0.495 e. The summed E-state index contributed by atoms with van der Waals surface area (Å²) in [6, 6.07) is 14.7. The number of nitrogens with one attached hydrogen (secondary N) is 2. The van der Waals surface area contributed by atoms with E-state index in [2.05, 4.69) is 41.2 Å². The minimum atomic E-state index is -4.72. The molecular formula is C30H22ClF3N10O3. The molecule has 0 spiro atoms. The Morgan fingerprint density at radius 1 is 1.02 bits per heavy atom. The van der Waals surface area contributed by atoms with E-state index >= 15 is 0 Å². The van der Waals surface area contributed by atoms with E-state index in [-0.39, 0.29) is 34.0 Å². The summed E-state index contributed by atoms with van der Waals surface area (Å²) in [6.07, 6.45) is 0.633. The molecule has 0 aliphatic carbocycles. The van der Waals surface area contributed by atoms with Crippen LogP contribution in [-0.2, 0) is 17.4 Å². The third-order valence-electron chi connectivity index (χ3n) is 7.12. The lowest BCUT2D eigenvalue weighted by atomic mass is 10.0. The van der Waals surface area contributed by atoms with Crippen molar-refractivity contribution < 1.29 is 22.7 Å². The number of hydrogen-bond acceptors (Lipinski definition) is 9. The first-order valence-electron chi connectivity index (χ1n) is 13.7. The molecule has 0 saturated heterocycles. The highest BCUT2D eigenvalue weighted by molar-refractivity contribution is 6.31. The van der Waals surface area contributed by atoms with E-state index in [4.69, 9.17) is 16.3 Å². The smallest absolute Gasteiger partial charge is 0.436 e. The molecule has 1 amide bonds. The van der Waals surface area contributed by atoms with Crippen molar-refractivity contribution in [2.24, 2.45) is 0 Å². The minimum absolute atomic E-state index is 0.110. The van der Waals surface area contributed by atoms with Crippen LogP contribution in [0.2, 0.25) is 5.02 Å². The number of hydrogen-bond donors (Lipinski definition) is 2. The Hall–Kier alpha value is -5.90. The number of nitrogens with zero attached hydrogens (tertiary/aromatic N) is 8. The fourth-order valence-corrected chi connectivity index (χ4v) is 5.02. The molecule has 2 aromatic carbocycles. The van der Waals surface area contributed by atoms with Gasteiger partial charge in [-0.1, -0.05) is 16.8 Å². The Kier molecular flexibility index (Phi) is 8.50. The van der Waals surface area contributed by atoms with Gasteiger partial charge in [0, 0.05) is 52.3 Å². The molecule has 238 valence electrons. The third-order valence-corrected chi connectivity index (χ3v) is 7.35. The number of halogens is 4. The van der Waals surface area contributed by atoms with E-state index < -0.39 is 29.4 Å². The molecule has 0 radical (unpaired) electrons. The molecule has 4 heterocycles. The third kappa shape index (κ3) is 6.72. The highest BCUT2D eigenvalue weighted by Crippen LogP contribution is 2.36. The predicted octanol–water partition coefficient (Wildman–Crippen LogP) is 4.77. The number of anilines is 1. The maximum atomic E-state index is 13.8. The molecule has 0 aliphatic heterocycles. The molecule has 0 unspecified atom stereocenters. The Labute approximate surface area is 268 Å². The molecule has 0 bridgehead atoms. The second kappa shape index (κ2) is 12.8. The average Bonchev–Trinajstić information content (AvgIpc) is 3.78. The quantitative estimate of drug-likeness (QED) is 0.222. The summed E-state index contributed by atoms with van der Waals surface area (Å²) in [5.41, 5.74) is 0.660. The van der Waals surface area contributed by atoms with Gasteiger partial charge in [0.2, 0.25) is 11.7 Å². The van der Waals surface area contributed by atoms with Crippen LogP contribution >= 0.6 is 11.6 Å². The fraction of sp³-hybridized carbons (Fsp3) is 0.133. The molecule has 17 heteroatoms. The van der Waals surface area contributed by atoms with Gasteiger partial charge in [0.05, 0.1) is 25.2 Å². The zero-order valence-corrected chi connectivity index (χ0v) is 24.9. The van der Waals surface area contributed by atoms with Crippen molar-refractivity contribution in [3.63, 3.8) is 0 Å². The van der Waals surface area contributed by atoms with Crippen molar-refractivity contribution in [3.8, 4) is 34.0 Å². The number of pyridine rings is 2. The number of aromatic amines is 1. The van der Waals surface area contributed by atoms with Crippen molar-refractivity contribution in [1.82, 2.24) is 45.2 Å². The fourth-order valence-electron chi connectivity index (χ4n) is 4.85. The van der Waals surface area contributed by atoms with E-state index in [0.717, 1.165) is 16.4 Å². The zero-order chi connectivity index (χ0) is 33.1. The number of alkyl halides is 3. The van der Waals surface area contributed by atoms with Crippen LogP contribution in [0, 0.1) is 0 Å². The summed E-state index contributed by atoms with van der Waals surface area (Å²) in [6.45, 7) is 0. The van der Waals surface area contributed by atoms with Crippen LogP contribution in [-0.4, -0.2) is 58.2 Å². The highest BCUT2D eigenvalue weighted by atomic mass is 35.5. The first-order chi connectivity index (χ1) is 22.6. The van der Waals surface area contributed by atoms with Gasteiger partial charge < -0.3 is 10.1 Å². The molecule has 0 fully saturated rings. The number of carbonyl (C=O) groups is 1.